The van der Waals surface area contributed by atoms with E-state index in [-0.39, 0.29) is 5.57 Å². The van der Waals surface area contributed by atoms with Gasteiger partial charge in [-0.25, -0.2) is 9.59 Å². The van der Waals surface area contributed by atoms with Crippen LogP contribution in [0.3, 0.4) is 0 Å². The number of aliphatic hydroxyl groups is 1. The molecule has 0 aromatic carbocycles. The monoisotopic (exact) mass is 288 g/mol. The molecule has 0 aliphatic rings. The van der Waals surface area contributed by atoms with E-state index in [9.17, 15) is 24.3 Å². The van der Waals surface area contributed by atoms with Crippen molar-refractivity contribution >= 4 is 23.9 Å². The van der Waals surface area contributed by atoms with Crippen molar-refractivity contribution in [2.24, 2.45) is 0 Å². The highest BCUT2D eigenvalue weighted by atomic mass is 16.6. The highest BCUT2D eigenvalue weighted by Gasteiger charge is 2.41. The molecule has 0 fully saturated rings. The number of hydrogen-bond donors (Lipinski definition) is 3. The van der Waals surface area contributed by atoms with Gasteiger partial charge in [0.1, 0.15) is 0 Å². The van der Waals surface area contributed by atoms with Crippen molar-refractivity contribution in [1.29, 1.82) is 0 Å². The van der Waals surface area contributed by atoms with E-state index in [2.05, 4.69) is 4.74 Å². The quantitative estimate of drug-likeness (QED) is 0.355. The highest BCUT2D eigenvalue weighted by molar-refractivity contribution is 5.98. The summed E-state index contributed by atoms with van der Waals surface area (Å²) >= 11 is 0. The second-order valence-corrected chi connectivity index (χ2v) is 4.47. The summed E-state index contributed by atoms with van der Waals surface area (Å²) in [5, 5.41) is 26.8. The van der Waals surface area contributed by atoms with Crippen molar-refractivity contribution in [2.45, 2.75) is 39.2 Å². The van der Waals surface area contributed by atoms with E-state index < -0.39 is 42.3 Å². The van der Waals surface area contributed by atoms with Crippen molar-refractivity contribution in [3.8, 4) is 0 Å². The Bertz CT molecular complexity index is 472. The third-order valence-corrected chi connectivity index (χ3v) is 2.54. The molecule has 0 aliphatic carbocycles. The van der Waals surface area contributed by atoms with Crippen molar-refractivity contribution in [3.63, 3.8) is 0 Å². The molecule has 20 heavy (non-hydrogen) atoms. The number of carbonyl (C=O) groups excluding carboxylic acids is 2. The molecule has 0 spiro atoms. The minimum atomic E-state index is -2.82. The van der Waals surface area contributed by atoms with E-state index in [0.717, 1.165) is 0 Å². The maximum atomic E-state index is 11.4. The molecule has 0 rings (SSSR count). The van der Waals surface area contributed by atoms with E-state index in [1.54, 1.807) is 13.8 Å². The Kier molecular flexibility index (Phi) is 6.05. The van der Waals surface area contributed by atoms with E-state index in [4.69, 9.17) is 10.2 Å². The SMILES string of the molecule is CC(C)=C(C)C(=O)OC(=O)CC(O)(CC(=O)O)C(=O)O. The van der Waals surface area contributed by atoms with Crippen LogP contribution in [0, 0.1) is 0 Å². The fourth-order valence-electron chi connectivity index (χ4n) is 1.12. The first-order valence-electron chi connectivity index (χ1n) is 5.56. The molecule has 3 N–H and O–H groups in total. The number of carboxylic acids is 2. The van der Waals surface area contributed by atoms with Crippen molar-refractivity contribution < 1.29 is 39.2 Å². The van der Waals surface area contributed by atoms with Crippen LogP contribution in [-0.4, -0.2) is 44.8 Å². The lowest BCUT2D eigenvalue weighted by Gasteiger charge is -2.19. The molecule has 0 saturated carbocycles. The summed E-state index contributed by atoms with van der Waals surface area (Å²) in [5.41, 5.74) is -2.06. The van der Waals surface area contributed by atoms with Crippen molar-refractivity contribution in [3.05, 3.63) is 11.1 Å². The third-order valence-electron chi connectivity index (χ3n) is 2.54. The van der Waals surface area contributed by atoms with Gasteiger partial charge in [-0.1, -0.05) is 5.57 Å². The van der Waals surface area contributed by atoms with Crippen LogP contribution in [-0.2, 0) is 23.9 Å². The van der Waals surface area contributed by atoms with Gasteiger partial charge in [-0.05, 0) is 20.8 Å². The molecule has 0 radical (unpaired) electrons. The number of aliphatic carboxylic acids is 2. The Morgan fingerprint density at radius 2 is 1.50 bits per heavy atom. The minimum Gasteiger partial charge on any atom is -0.481 e. The van der Waals surface area contributed by atoms with Gasteiger partial charge in [0.2, 0.25) is 0 Å². The molecular weight excluding hydrogens is 272 g/mol. The molecule has 112 valence electrons. The van der Waals surface area contributed by atoms with Crippen LogP contribution in [0.25, 0.3) is 0 Å². The Balaban J connectivity index is 4.89. The highest BCUT2D eigenvalue weighted by Crippen LogP contribution is 2.17. The molecule has 0 aromatic rings. The normalized spacial score (nSPS) is 13.0. The van der Waals surface area contributed by atoms with Crippen LogP contribution in [0.2, 0.25) is 0 Å². The predicted octanol–water partition coefficient (Wildman–Crippen LogP) is 0.0930. The van der Waals surface area contributed by atoms with Gasteiger partial charge >= 0.3 is 23.9 Å². The lowest BCUT2D eigenvalue weighted by atomic mass is 9.96. The van der Waals surface area contributed by atoms with Gasteiger partial charge in [-0.2, -0.15) is 0 Å². The van der Waals surface area contributed by atoms with E-state index in [0.29, 0.717) is 5.57 Å². The summed E-state index contributed by atoms with van der Waals surface area (Å²) in [6.45, 7) is 4.63. The summed E-state index contributed by atoms with van der Waals surface area (Å²) in [4.78, 5) is 44.1. The smallest absolute Gasteiger partial charge is 0.341 e. The zero-order valence-electron chi connectivity index (χ0n) is 11.3. The molecule has 0 aromatic heterocycles. The van der Waals surface area contributed by atoms with E-state index in [1.165, 1.54) is 6.92 Å². The van der Waals surface area contributed by atoms with Crippen molar-refractivity contribution in [1.82, 2.24) is 0 Å². The van der Waals surface area contributed by atoms with Crippen molar-refractivity contribution in [2.75, 3.05) is 0 Å². The van der Waals surface area contributed by atoms with Crippen LogP contribution in [0.15, 0.2) is 11.1 Å². The third kappa shape index (κ3) is 5.19. The Morgan fingerprint density at radius 3 is 1.85 bits per heavy atom. The molecule has 0 aliphatic heterocycles. The molecule has 1 atom stereocenters. The van der Waals surface area contributed by atoms with Gasteiger partial charge in [0, 0.05) is 5.57 Å². The van der Waals surface area contributed by atoms with Crippen LogP contribution < -0.4 is 0 Å². The summed E-state index contributed by atoms with van der Waals surface area (Å²) in [7, 11) is 0. The van der Waals surface area contributed by atoms with Crippen LogP contribution in [0.5, 0.6) is 0 Å². The molecule has 0 amide bonds. The standard InChI is InChI=1S/C12H16O8/c1-6(2)7(3)10(16)20-9(15)5-12(19,11(17)18)4-8(13)14/h19H,4-5H2,1-3H3,(H,13,14)(H,17,18). The molecule has 1 unspecified atom stereocenters. The molecule has 8 heteroatoms. The second kappa shape index (κ2) is 6.80. The zero-order valence-corrected chi connectivity index (χ0v) is 11.3. The maximum absolute atomic E-state index is 11.4. The lowest BCUT2D eigenvalue weighted by Crippen LogP contribution is -2.43. The number of carboxylic acid groups (broad SMARTS) is 2. The van der Waals surface area contributed by atoms with Gasteiger partial charge < -0.3 is 20.1 Å². The fraction of sp³-hybridized carbons (Fsp3) is 0.500. The number of ether oxygens (including phenoxy) is 1. The maximum Gasteiger partial charge on any atom is 0.341 e. The zero-order chi connectivity index (χ0) is 16.1. The van der Waals surface area contributed by atoms with Gasteiger partial charge in [0.25, 0.3) is 0 Å². The number of rotatable bonds is 6. The average Bonchev–Trinajstić information content (AvgIpc) is 2.25. The summed E-state index contributed by atoms with van der Waals surface area (Å²) in [6.07, 6.45) is -2.33. The number of carbonyl (C=O) groups is 4. The summed E-state index contributed by atoms with van der Waals surface area (Å²) in [6, 6.07) is 0. The first-order chi connectivity index (χ1) is 8.99. The first kappa shape index (κ1) is 17.8. The van der Waals surface area contributed by atoms with Gasteiger partial charge in [-0.3, -0.25) is 9.59 Å². The van der Waals surface area contributed by atoms with E-state index in [1.807, 2.05) is 0 Å². The van der Waals surface area contributed by atoms with Crippen LogP contribution in [0.1, 0.15) is 33.6 Å². The Morgan fingerprint density at radius 1 is 1.00 bits per heavy atom. The lowest BCUT2D eigenvalue weighted by molar-refractivity contribution is -0.173. The fourth-order valence-corrected chi connectivity index (χ4v) is 1.12. The van der Waals surface area contributed by atoms with Crippen LogP contribution >= 0.6 is 0 Å². The van der Waals surface area contributed by atoms with Crippen LogP contribution in [0.4, 0.5) is 0 Å². The predicted molar refractivity (Wildman–Crippen MR) is 64.6 cm³/mol. The molecular formula is C12H16O8. The second-order valence-electron chi connectivity index (χ2n) is 4.47. The molecule has 0 saturated heterocycles. The van der Waals surface area contributed by atoms with Gasteiger partial charge in [-0.15, -0.1) is 0 Å². The summed E-state index contributed by atoms with van der Waals surface area (Å²) < 4.78 is 4.35. The molecule has 0 heterocycles. The number of esters is 2. The number of hydrogen-bond acceptors (Lipinski definition) is 6. The topological polar surface area (TPSA) is 138 Å². The first-order valence-corrected chi connectivity index (χ1v) is 5.56. The largest absolute Gasteiger partial charge is 0.481 e. The minimum absolute atomic E-state index is 0.162. The molecule has 8 nitrogen and oxygen atoms in total. The van der Waals surface area contributed by atoms with Gasteiger partial charge in [0.05, 0.1) is 12.8 Å². The van der Waals surface area contributed by atoms with E-state index >= 15 is 0 Å². The van der Waals surface area contributed by atoms with Gasteiger partial charge in [0.15, 0.2) is 5.60 Å². The Labute approximate surface area is 114 Å². The average molecular weight is 288 g/mol. The Hall–Kier alpha value is -2.22. The number of allylic oxidation sites excluding steroid dienone is 1. The molecule has 0 bridgehead atoms. The summed E-state index contributed by atoms with van der Waals surface area (Å²) in [5.74, 6) is -5.78.